The van der Waals surface area contributed by atoms with Crippen LogP contribution in [0.15, 0.2) is 42.5 Å². The quantitative estimate of drug-likeness (QED) is 0.491. The van der Waals surface area contributed by atoms with Gasteiger partial charge in [0, 0.05) is 30.7 Å². The van der Waals surface area contributed by atoms with Gasteiger partial charge >= 0.3 is 0 Å². The number of carbonyl (C=O) groups excluding carboxylic acids is 2. The van der Waals surface area contributed by atoms with E-state index in [-0.39, 0.29) is 44.6 Å². The Hall–Kier alpha value is -3.01. The predicted molar refractivity (Wildman–Crippen MR) is 137 cm³/mol. The van der Waals surface area contributed by atoms with Crippen molar-refractivity contribution in [1.29, 1.82) is 0 Å². The van der Waals surface area contributed by atoms with Crippen LogP contribution >= 0.6 is 11.6 Å². The number of benzene rings is 2. The molecule has 0 aromatic heterocycles. The fourth-order valence-corrected chi connectivity index (χ4v) is 4.47. The number of amides is 2. The number of hydrogen-bond acceptors (Lipinski definition) is 7. The summed E-state index contributed by atoms with van der Waals surface area (Å²) in [6, 6.07) is 12.5. The third kappa shape index (κ3) is 7.28. The minimum Gasteiger partial charge on any atom is -0.497 e. The van der Waals surface area contributed by atoms with Gasteiger partial charge in [-0.2, -0.15) is 0 Å². The fraction of sp³-hybridized carbons (Fsp3) is 0.481. The molecule has 0 bridgehead atoms. The fourth-order valence-electron chi connectivity index (χ4n) is 4.35. The van der Waals surface area contributed by atoms with E-state index in [0.29, 0.717) is 55.1 Å². The standard InChI is InChI=1S/C27H33ClN2O7/c1-20-14-23(6-7-24(20)28)36-19-27(16-25(31)29-8-11-34-12-9-29)18-30(10-13-37-27)26(32)17-35-22-5-3-4-21(15-22)33-2/h3-7,14-15H,8-13,16-19H2,1-2H3/t27-/m0/s1. The van der Waals surface area contributed by atoms with Crippen LogP contribution in [0.2, 0.25) is 5.02 Å². The number of nitrogens with zero attached hydrogens (tertiary/aromatic N) is 2. The zero-order valence-electron chi connectivity index (χ0n) is 21.2. The molecule has 0 aliphatic carbocycles. The van der Waals surface area contributed by atoms with Crippen molar-refractivity contribution in [2.24, 2.45) is 0 Å². The summed E-state index contributed by atoms with van der Waals surface area (Å²) in [7, 11) is 1.57. The molecule has 1 atom stereocenters. The average Bonchev–Trinajstić information content (AvgIpc) is 2.93. The number of aryl methyl sites for hydroxylation is 1. The van der Waals surface area contributed by atoms with Crippen LogP contribution in [0.4, 0.5) is 0 Å². The smallest absolute Gasteiger partial charge is 0.260 e. The van der Waals surface area contributed by atoms with E-state index in [9.17, 15) is 9.59 Å². The molecular weight excluding hydrogens is 500 g/mol. The van der Waals surface area contributed by atoms with Gasteiger partial charge in [0.2, 0.25) is 5.91 Å². The first-order chi connectivity index (χ1) is 17.9. The van der Waals surface area contributed by atoms with Crippen LogP contribution in [-0.2, 0) is 19.1 Å². The Balaban J connectivity index is 1.45. The van der Waals surface area contributed by atoms with E-state index in [1.165, 1.54) is 0 Å². The number of methoxy groups -OCH3 is 1. The first-order valence-corrected chi connectivity index (χ1v) is 12.7. The largest absolute Gasteiger partial charge is 0.497 e. The zero-order valence-corrected chi connectivity index (χ0v) is 22.0. The summed E-state index contributed by atoms with van der Waals surface area (Å²) < 4.78 is 28.6. The summed E-state index contributed by atoms with van der Waals surface area (Å²) >= 11 is 6.15. The topological polar surface area (TPSA) is 86.8 Å². The average molecular weight is 533 g/mol. The number of halogens is 1. The highest BCUT2D eigenvalue weighted by Gasteiger charge is 2.42. The number of ether oxygens (including phenoxy) is 5. The van der Waals surface area contributed by atoms with E-state index in [4.69, 9.17) is 35.3 Å². The van der Waals surface area contributed by atoms with E-state index >= 15 is 0 Å². The Labute approximate surface area is 222 Å². The van der Waals surface area contributed by atoms with Gasteiger partial charge < -0.3 is 33.5 Å². The highest BCUT2D eigenvalue weighted by molar-refractivity contribution is 6.31. The molecule has 2 fully saturated rings. The molecule has 2 heterocycles. The molecule has 200 valence electrons. The van der Waals surface area contributed by atoms with Gasteiger partial charge in [-0.15, -0.1) is 0 Å². The van der Waals surface area contributed by atoms with Crippen LogP contribution in [-0.4, -0.2) is 93.5 Å². The van der Waals surface area contributed by atoms with Gasteiger partial charge in [0.05, 0.1) is 39.9 Å². The molecule has 10 heteroatoms. The molecule has 2 aliphatic rings. The Morgan fingerprint density at radius 3 is 2.43 bits per heavy atom. The maximum Gasteiger partial charge on any atom is 0.260 e. The molecule has 0 spiro atoms. The third-order valence-electron chi connectivity index (χ3n) is 6.47. The first-order valence-electron chi connectivity index (χ1n) is 12.3. The minimum absolute atomic E-state index is 0.0545. The van der Waals surface area contributed by atoms with Crippen molar-refractivity contribution in [3.63, 3.8) is 0 Å². The van der Waals surface area contributed by atoms with Crippen LogP contribution in [0.1, 0.15) is 12.0 Å². The van der Waals surface area contributed by atoms with E-state index in [2.05, 4.69) is 0 Å². The molecule has 2 aromatic carbocycles. The first kappa shape index (κ1) is 27.0. The van der Waals surface area contributed by atoms with Crippen molar-refractivity contribution in [3.05, 3.63) is 53.1 Å². The summed E-state index contributed by atoms with van der Waals surface area (Å²) in [5, 5.41) is 0.645. The second kappa shape index (κ2) is 12.5. The van der Waals surface area contributed by atoms with E-state index < -0.39 is 5.60 Å². The SMILES string of the molecule is COc1cccc(OCC(=O)N2CCO[C@@](COc3ccc(Cl)c(C)c3)(CC(=O)N3CCOCC3)C2)c1. The predicted octanol–water partition coefficient (Wildman–Crippen LogP) is 2.96. The van der Waals surface area contributed by atoms with E-state index in [1.807, 2.05) is 13.0 Å². The van der Waals surface area contributed by atoms with Crippen LogP contribution in [0.25, 0.3) is 0 Å². The van der Waals surface area contributed by atoms with Gasteiger partial charge in [0.15, 0.2) is 6.61 Å². The van der Waals surface area contributed by atoms with Crippen molar-refractivity contribution >= 4 is 23.4 Å². The normalized spacial score (nSPS) is 19.9. The van der Waals surface area contributed by atoms with Crippen LogP contribution in [0, 0.1) is 6.92 Å². The Kier molecular flexibility index (Phi) is 9.13. The third-order valence-corrected chi connectivity index (χ3v) is 6.90. The Morgan fingerprint density at radius 2 is 1.68 bits per heavy atom. The molecule has 2 aromatic rings. The summed E-state index contributed by atoms with van der Waals surface area (Å²) in [6.07, 6.45) is 0.0834. The second-order valence-corrected chi connectivity index (χ2v) is 9.59. The van der Waals surface area contributed by atoms with Gasteiger partial charge in [-0.1, -0.05) is 17.7 Å². The summed E-state index contributed by atoms with van der Waals surface area (Å²) in [5.41, 5.74) is -0.124. The number of morpholine rings is 2. The zero-order chi connectivity index (χ0) is 26.3. The van der Waals surface area contributed by atoms with E-state index in [1.54, 1.807) is 53.3 Å². The summed E-state index contributed by atoms with van der Waals surface area (Å²) in [5.74, 6) is 1.55. The van der Waals surface area contributed by atoms with Crippen molar-refractivity contribution < 1.29 is 33.3 Å². The highest BCUT2D eigenvalue weighted by Crippen LogP contribution is 2.28. The Morgan fingerprint density at radius 1 is 0.946 bits per heavy atom. The van der Waals surface area contributed by atoms with Crippen molar-refractivity contribution in [3.8, 4) is 17.2 Å². The lowest BCUT2D eigenvalue weighted by atomic mass is 9.96. The lowest BCUT2D eigenvalue weighted by molar-refractivity contribution is -0.168. The molecule has 37 heavy (non-hydrogen) atoms. The van der Waals surface area contributed by atoms with Gasteiger partial charge in [-0.05, 0) is 42.8 Å². The number of hydrogen-bond donors (Lipinski definition) is 0. The van der Waals surface area contributed by atoms with Crippen LogP contribution < -0.4 is 14.2 Å². The lowest BCUT2D eigenvalue weighted by Gasteiger charge is -2.43. The summed E-state index contributed by atoms with van der Waals surface area (Å²) in [4.78, 5) is 29.8. The molecule has 2 amide bonds. The van der Waals surface area contributed by atoms with Crippen molar-refractivity contribution in [2.75, 3.05) is 66.3 Å². The van der Waals surface area contributed by atoms with Crippen molar-refractivity contribution in [2.45, 2.75) is 18.9 Å². The van der Waals surface area contributed by atoms with Crippen LogP contribution in [0.3, 0.4) is 0 Å². The van der Waals surface area contributed by atoms with Gasteiger partial charge in [-0.25, -0.2) is 0 Å². The van der Waals surface area contributed by atoms with Gasteiger partial charge in [0.25, 0.3) is 5.91 Å². The van der Waals surface area contributed by atoms with Gasteiger partial charge in [0.1, 0.15) is 29.5 Å². The minimum atomic E-state index is -1.01. The van der Waals surface area contributed by atoms with Gasteiger partial charge in [-0.3, -0.25) is 9.59 Å². The number of carbonyl (C=O) groups is 2. The molecule has 0 saturated carbocycles. The molecule has 0 radical (unpaired) electrons. The molecule has 2 saturated heterocycles. The monoisotopic (exact) mass is 532 g/mol. The second-order valence-electron chi connectivity index (χ2n) is 9.18. The Bertz CT molecular complexity index is 1090. The van der Waals surface area contributed by atoms with Crippen LogP contribution in [0.5, 0.6) is 17.2 Å². The van der Waals surface area contributed by atoms with E-state index in [0.717, 1.165) is 5.56 Å². The highest BCUT2D eigenvalue weighted by atomic mass is 35.5. The lowest BCUT2D eigenvalue weighted by Crippen LogP contribution is -2.59. The van der Waals surface area contributed by atoms with Crippen molar-refractivity contribution in [1.82, 2.24) is 9.80 Å². The molecular formula is C27H33ClN2O7. The molecule has 9 nitrogen and oxygen atoms in total. The maximum atomic E-state index is 13.2. The molecule has 0 unspecified atom stereocenters. The molecule has 0 N–H and O–H groups in total. The molecule has 4 rings (SSSR count). The number of rotatable bonds is 9. The summed E-state index contributed by atoms with van der Waals surface area (Å²) in [6.45, 7) is 4.81. The maximum absolute atomic E-state index is 13.2. The molecule has 2 aliphatic heterocycles.